The van der Waals surface area contributed by atoms with Gasteiger partial charge < -0.3 is 45.5 Å². The molecule has 3 aromatic heterocycles. The molecule has 0 spiro atoms. The number of halogens is 1. The van der Waals surface area contributed by atoms with E-state index in [1.807, 2.05) is 82.6 Å². The van der Waals surface area contributed by atoms with E-state index in [4.69, 9.17) is 16.3 Å². The van der Waals surface area contributed by atoms with E-state index in [-0.39, 0.29) is 71.5 Å². The molecular formula is C79H100ClN13O10S2. The van der Waals surface area contributed by atoms with Crippen LogP contribution in [0.1, 0.15) is 152 Å². The van der Waals surface area contributed by atoms with Gasteiger partial charge in [-0.1, -0.05) is 94.6 Å². The number of benzene rings is 4. The average molecular weight is 1490 g/mol. The molecule has 560 valence electrons. The summed E-state index contributed by atoms with van der Waals surface area (Å²) in [6, 6.07) is 26.8. The van der Waals surface area contributed by atoms with Crippen LogP contribution < -0.4 is 30.3 Å². The number of nitro benzene ring substituents is 1. The van der Waals surface area contributed by atoms with Crippen LogP contribution in [-0.2, 0) is 24.4 Å². The number of rotatable bonds is 26. The van der Waals surface area contributed by atoms with E-state index in [0.717, 1.165) is 154 Å². The first-order valence-electron chi connectivity index (χ1n) is 37.0. The van der Waals surface area contributed by atoms with Crippen molar-refractivity contribution in [3.63, 3.8) is 0 Å². The number of H-pyrrole nitrogens is 1. The lowest BCUT2D eigenvalue weighted by Gasteiger charge is -2.42. The first-order chi connectivity index (χ1) is 50.2. The SMILES string of the molecule is Cc1ncsc1-c1ccc([C@H](C)NC(=O)[C@@H]2C[C@@H](O)CN2C(=O)[C@@H](NC(=O)CCCCCN2CCN(C3CCC(CNc4ccc(S(=O)(=O)NC(=O)c5ccc(N6CCN(CC7=C(c8ccc(Cl)cc8)CC(C)(C)CC7)CC6)cc5Oc5cnc6[nH]ccc6c5)cc4[N+](=O)[O-])CC3)CC2)C(C)(C)C)cc1. The number of amides is 4. The standard InChI is InChI=1S/C79H100ClN13O10S2/c1-51(54-14-16-56(17-15-54)72-52(2)84-50-104-72)85-76(97)69-43-62(94)49-92(69)77(98)73(78(3,4)5)86-71(95)11-9-8-10-32-88-33-37-90(38-34-88)60-22-12-53(13-23-60)46-82-67-27-25-64(44-68(67)93(99)100)105(101,102)87-75(96)65-26-24-61(42-70(65)103-63-41-57-29-31-81-74(57)83-47-63)91-39-35-89(36-40-91)48-58-28-30-79(6,7)45-66(58)55-18-20-59(80)21-19-55/h14-21,24-27,29,31,41-42,44,47,50-51,53,60,62,69,73,82,94H,8-13,22-23,28,30,32-40,43,45-46,48-49H2,1-7H3,(H,81,83)(H,85,97)(H,86,95)(H,87,96)/t51-,53?,60?,62+,69-,73+/m0/s1. The van der Waals surface area contributed by atoms with Crippen molar-refractivity contribution in [3.05, 3.63) is 158 Å². The van der Waals surface area contributed by atoms with Crippen LogP contribution in [0, 0.1) is 33.8 Å². The predicted octanol–water partition coefficient (Wildman–Crippen LogP) is 12.8. The maximum absolute atomic E-state index is 14.3. The van der Waals surface area contributed by atoms with Crippen molar-refractivity contribution < 1.29 is 42.4 Å². The number of likely N-dealkylation sites (tertiary alicyclic amines) is 1. The van der Waals surface area contributed by atoms with Crippen molar-refractivity contribution in [1.82, 2.24) is 49.9 Å². The molecule has 5 aliphatic rings. The molecule has 4 aromatic carbocycles. The van der Waals surface area contributed by atoms with Crippen molar-refractivity contribution >= 4 is 90.3 Å². The van der Waals surface area contributed by atoms with Gasteiger partial charge in [0.15, 0.2) is 0 Å². The Bertz CT molecular complexity index is 4400. The molecule has 23 nitrogen and oxygen atoms in total. The van der Waals surface area contributed by atoms with Crippen LogP contribution in [-0.4, -0.2) is 179 Å². The fraction of sp³-hybridized carbons (Fsp3) is 0.494. The summed E-state index contributed by atoms with van der Waals surface area (Å²) in [6.45, 7) is 23.3. The lowest BCUT2D eigenvalue weighted by molar-refractivity contribution is -0.384. The number of nitrogens with one attached hydrogen (secondary N) is 5. The number of allylic oxidation sites excluding steroid dienone is 1. The molecule has 0 radical (unpaired) electrons. The molecule has 7 aromatic rings. The summed E-state index contributed by atoms with van der Waals surface area (Å²) < 4.78 is 36.8. The smallest absolute Gasteiger partial charge is 0.293 e. The molecule has 4 atom stereocenters. The second-order valence-corrected chi connectivity index (χ2v) is 34.0. The number of thiazole rings is 1. The van der Waals surface area contributed by atoms with Gasteiger partial charge in [0.05, 0.1) is 49.8 Å². The zero-order valence-corrected chi connectivity index (χ0v) is 63.7. The Kier molecular flexibility index (Phi) is 24.2. The summed E-state index contributed by atoms with van der Waals surface area (Å²) in [5.41, 5.74) is 9.51. The molecule has 105 heavy (non-hydrogen) atoms. The number of aliphatic hydroxyl groups is 1. The van der Waals surface area contributed by atoms with Gasteiger partial charge in [0.1, 0.15) is 34.9 Å². The first-order valence-corrected chi connectivity index (χ1v) is 39.8. The molecule has 0 unspecified atom stereocenters. The van der Waals surface area contributed by atoms with Crippen LogP contribution in [0.3, 0.4) is 0 Å². The quantitative estimate of drug-likeness (QED) is 0.0167. The van der Waals surface area contributed by atoms with Crippen molar-refractivity contribution in [1.29, 1.82) is 0 Å². The van der Waals surface area contributed by atoms with Gasteiger partial charge in [-0.2, -0.15) is 0 Å². The monoisotopic (exact) mass is 1490 g/mol. The van der Waals surface area contributed by atoms with E-state index >= 15 is 0 Å². The van der Waals surface area contributed by atoms with E-state index < -0.39 is 55.0 Å². The van der Waals surface area contributed by atoms with Gasteiger partial charge in [-0.15, -0.1) is 11.3 Å². The number of β-amino-alcohol motifs (C(OH)–C–C–N with tert-alkyl or cyclic N) is 1. The zero-order valence-electron chi connectivity index (χ0n) is 61.3. The molecule has 6 N–H and O–H groups in total. The van der Waals surface area contributed by atoms with Crippen LogP contribution in [0.15, 0.2) is 125 Å². The number of hydrogen-bond acceptors (Lipinski definition) is 18. The Labute approximate surface area is 625 Å². The van der Waals surface area contributed by atoms with Gasteiger partial charge in [0.25, 0.3) is 21.6 Å². The highest BCUT2D eigenvalue weighted by Gasteiger charge is 2.45. The van der Waals surface area contributed by atoms with E-state index in [0.29, 0.717) is 43.5 Å². The number of ether oxygens (including phenoxy) is 1. The molecule has 2 aliphatic carbocycles. The van der Waals surface area contributed by atoms with Crippen molar-refractivity contribution in [2.75, 3.05) is 88.8 Å². The number of carbonyl (C=O) groups excluding carboxylic acids is 4. The fourth-order valence-corrected chi connectivity index (χ4v) is 17.5. The van der Waals surface area contributed by atoms with Gasteiger partial charge in [-0.3, -0.25) is 39.1 Å². The second-order valence-electron chi connectivity index (χ2n) is 31.1. The Hall–Kier alpha value is -8.30. The third-order valence-corrected chi connectivity index (χ3v) is 24.4. The first kappa shape index (κ1) is 76.4. The summed E-state index contributed by atoms with van der Waals surface area (Å²) in [5, 5.41) is 34.2. The average Bonchev–Trinajstić information content (AvgIpc) is 1.58. The van der Waals surface area contributed by atoms with Crippen LogP contribution in [0.4, 0.5) is 17.1 Å². The fourth-order valence-electron chi connectivity index (χ4n) is 15.6. The van der Waals surface area contributed by atoms with Gasteiger partial charge in [-0.05, 0) is 166 Å². The van der Waals surface area contributed by atoms with Crippen LogP contribution in [0.5, 0.6) is 11.5 Å². The van der Waals surface area contributed by atoms with Gasteiger partial charge in [-0.25, -0.2) is 23.1 Å². The van der Waals surface area contributed by atoms with Crippen molar-refractivity contribution in [3.8, 4) is 21.9 Å². The number of carbonyl (C=O) groups is 4. The maximum Gasteiger partial charge on any atom is 0.293 e. The number of aromatic nitrogens is 3. The number of hydrogen-bond donors (Lipinski definition) is 6. The summed E-state index contributed by atoms with van der Waals surface area (Å²) in [7, 11) is -4.64. The van der Waals surface area contributed by atoms with E-state index in [1.165, 1.54) is 39.9 Å². The minimum atomic E-state index is -4.64. The predicted molar refractivity (Wildman–Crippen MR) is 412 cm³/mol. The highest BCUT2D eigenvalue weighted by molar-refractivity contribution is 7.90. The number of nitro groups is 1. The molecule has 4 fully saturated rings. The second kappa shape index (κ2) is 33.2. The van der Waals surface area contributed by atoms with E-state index in [2.05, 4.69) is 81.2 Å². The Morgan fingerprint density at radius 3 is 2.29 bits per heavy atom. The number of aryl methyl sites for hydroxylation is 1. The highest BCUT2D eigenvalue weighted by Crippen LogP contribution is 2.44. The lowest BCUT2D eigenvalue weighted by Crippen LogP contribution is -2.57. The topological polar surface area (TPSA) is 281 Å². The van der Waals surface area contributed by atoms with Crippen LogP contribution in [0.2, 0.25) is 5.02 Å². The van der Waals surface area contributed by atoms with Crippen LogP contribution >= 0.6 is 22.9 Å². The third-order valence-electron chi connectivity index (χ3n) is 21.8. The number of aliphatic hydroxyl groups excluding tert-OH is 1. The van der Waals surface area contributed by atoms with Gasteiger partial charge in [0, 0.05) is 125 Å². The normalized spacial score (nSPS) is 20.5. The lowest BCUT2D eigenvalue weighted by atomic mass is 9.72. The molecule has 3 aliphatic heterocycles. The van der Waals surface area contributed by atoms with Crippen LogP contribution in [0.25, 0.3) is 27.0 Å². The van der Waals surface area contributed by atoms with Crippen molar-refractivity contribution in [2.24, 2.45) is 16.7 Å². The molecule has 6 heterocycles. The molecule has 26 heteroatoms. The molecule has 12 rings (SSSR count). The number of nitrogens with zero attached hydrogens (tertiary/aromatic N) is 8. The summed E-state index contributed by atoms with van der Waals surface area (Å²) in [5.74, 6) is -1.22. The Balaban J connectivity index is 0.577. The number of sulfonamides is 1. The number of unbranched alkanes of at least 4 members (excludes halogenated alkanes) is 2. The van der Waals surface area contributed by atoms with Gasteiger partial charge in [0.2, 0.25) is 17.7 Å². The van der Waals surface area contributed by atoms with E-state index in [9.17, 15) is 42.8 Å². The summed E-state index contributed by atoms with van der Waals surface area (Å²) in [4.78, 5) is 91.6. The maximum atomic E-state index is 14.3. The Morgan fingerprint density at radius 1 is 0.857 bits per heavy atom. The number of aromatic amines is 1. The minimum absolute atomic E-state index is 0.00220. The van der Waals surface area contributed by atoms with Crippen molar-refractivity contribution in [2.45, 2.75) is 161 Å². The van der Waals surface area contributed by atoms with E-state index in [1.54, 1.807) is 41.8 Å². The number of pyridine rings is 1. The molecule has 3 saturated heterocycles. The van der Waals surface area contributed by atoms with Gasteiger partial charge >= 0.3 is 0 Å². The molecule has 1 saturated carbocycles. The third kappa shape index (κ3) is 19.1. The molecule has 0 bridgehead atoms. The molecular weight excluding hydrogens is 1390 g/mol. The number of fused-ring (bicyclic) bond motifs is 1. The summed E-state index contributed by atoms with van der Waals surface area (Å²) in [6.07, 6.45) is 12.2. The molecule has 4 amide bonds. The minimum Gasteiger partial charge on any atom is -0.455 e. The highest BCUT2D eigenvalue weighted by atomic mass is 35.5. The number of anilines is 2. The zero-order chi connectivity index (χ0) is 74.3. The largest absolute Gasteiger partial charge is 0.455 e. The Morgan fingerprint density at radius 2 is 1.58 bits per heavy atom. The number of piperazine rings is 2. The summed E-state index contributed by atoms with van der Waals surface area (Å²) >= 11 is 7.87.